The van der Waals surface area contributed by atoms with Crippen molar-refractivity contribution in [3.05, 3.63) is 34.1 Å². The smallest absolute Gasteiger partial charge is 0.123 e. The Labute approximate surface area is 92.6 Å². The monoisotopic (exact) mass is 259 g/mol. The second-order valence-electron chi connectivity index (χ2n) is 3.85. The fraction of sp³-hybridized carbons (Fsp3) is 0.455. The van der Waals surface area contributed by atoms with Crippen LogP contribution in [0.4, 0.5) is 4.39 Å². The summed E-state index contributed by atoms with van der Waals surface area (Å²) in [7, 11) is 0. The highest BCUT2D eigenvalue weighted by molar-refractivity contribution is 9.10. The van der Waals surface area contributed by atoms with Gasteiger partial charge in [0.15, 0.2) is 0 Å². The maximum absolute atomic E-state index is 12.9. The van der Waals surface area contributed by atoms with Gasteiger partial charge in [-0.3, -0.25) is 0 Å². The molecular formula is C11H15BrFN. The van der Waals surface area contributed by atoms with Crippen LogP contribution in [0.3, 0.4) is 0 Å². The highest BCUT2D eigenvalue weighted by atomic mass is 79.9. The zero-order chi connectivity index (χ0) is 10.7. The Morgan fingerprint density at radius 3 is 2.64 bits per heavy atom. The quantitative estimate of drug-likeness (QED) is 0.887. The topological polar surface area (TPSA) is 26.0 Å². The molecule has 0 bridgehead atoms. The lowest BCUT2D eigenvalue weighted by atomic mass is 9.97. The Bertz CT molecular complexity index is 312. The van der Waals surface area contributed by atoms with Gasteiger partial charge in [-0.1, -0.05) is 29.8 Å². The van der Waals surface area contributed by atoms with E-state index in [1.807, 2.05) is 0 Å². The molecule has 0 fully saturated rings. The van der Waals surface area contributed by atoms with E-state index in [0.717, 1.165) is 10.0 Å². The van der Waals surface area contributed by atoms with Crippen LogP contribution in [-0.4, -0.2) is 6.04 Å². The molecule has 1 atom stereocenters. The Kier molecular flexibility index (Phi) is 4.08. The fourth-order valence-corrected chi connectivity index (χ4v) is 1.60. The Morgan fingerprint density at radius 2 is 2.07 bits per heavy atom. The normalized spacial score (nSPS) is 13.3. The summed E-state index contributed by atoms with van der Waals surface area (Å²) in [5, 5.41) is 0. The molecule has 0 heterocycles. The van der Waals surface area contributed by atoms with E-state index >= 15 is 0 Å². The molecule has 0 amide bonds. The number of rotatable bonds is 3. The molecule has 1 nitrogen and oxygen atoms in total. The summed E-state index contributed by atoms with van der Waals surface area (Å²) in [5.41, 5.74) is 6.86. The number of nitrogens with two attached hydrogens (primary N) is 1. The van der Waals surface area contributed by atoms with Crippen molar-refractivity contribution in [2.24, 2.45) is 11.7 Å². The van der Waals surface area contributed by atoms with Gasteiger partial charge in [0.1, 0.15) is 5.82 Å². The van der Waals surface area contributed by atoms with E-state index in [2.05, 4.69) is 29.8 Å². The predicted molar refractivity (Wildman–Crippen MR) is 60.6 cm³/mol. The largest absolute Gasteiger partial charge is 0.327 e. The number of hydrogen-bond donors (Lipinski definition) is 1. The van der Waals surface area contributed by atoms with Crippen LogP contribution >= 0.6 is 15.9 Å². The lowest BCUT2D eigenvalue weighted by Gasteiger charge is -2.16. The number of halogens is 2. The molecule has 2 N–H and O–H groups in total. The molecule has 0 saturated heterocycles. The van der Waals surface area contributed by atoms with Gasteiger partial charge in [0, 0.05) is 10.5 Å². The molecule has 0 spiro atoms. The van der Waals surface area contributed by atoms with E-state index in [9.17, 15) is 4.39 Å². The predicted octanol–water partition coefficient (Wildman–Crippen LogP) is 3.11. The first kappa shape index (κ1) is 11.7. The SMILES string of the molecule is CC(C)C(N)Cc1cc(F)ccc1Br. The van der Waals surface area contributed by atoms with Crippen molar-refractivity contribution >= 4 is 15.9 Å². The number of hydrogen-bond acceptors (Lipinski definition) is 1. The van der Waals surface area contributed by atoms with Crippen molar-refractivity contribution in [2.45, 2.75) is 26.3 Å². The van der Waals surface area contributed by atoms with Gasteiger partial charge in [-0.05, 0) is 36.1 Å². The zero-order valence-electron chi connectivity index (χ0n) is 8.43. The van der Waals surface area contributed by atoms with Crippen molar-refractivity contribution in [1.82, 2.24) is 0 Å². The lowest BCUT2D eigenvalue weighted by molar-refractivity contribution is 0.488. The van der Waals surface area contributed by atoms with Crippen LogP contribution in [-0.2, 0) is 6.42 Å². The molecule has 14 heavy (non-hydrogen) atoms. The van der Waals surface area contributed by atoms with Crippen molar-refractivity contribution in [1.29, 1.82) is 0 Å². The Balaban J connectivity index is 2.80. The molecule has 78 valence electrons. The summed E-state index contributed by atoms with van der Waals surface area (Å²) >= 11 is 3.39. The molecule has 1 unspecified atom stereocenters. The Hall–Kier alpha value is -0.410. The van der Waals surface area contributed by atoms with Crippen LogP contribution in [0.1, 0.15) is 19.4 Å². The highest BCUT2D eigenvalue weighted by Crippen LogP contribution is 2.20. The molecule has 1 rings (SSSR count). The van der Waals surface area contributed by atoms with Crippen LogP contribution in [0.15, 0.2) is 22.7 Å². The molecule has 0 aromatic heterocycles. The third-order valence-corrected chi connectivity index (χ3v) is 3.09. The highest BCUT2D eigenvalue weighted by Gasteiger charge is 2.11. The van der Waals surface area contributed by atoms with Crippen molar-refractivity contribution in [3.63, 3.8) is 0 Å². The minimum absolute atomic E-state index is 0.0769. The maximum atomic E-state index is 12.9. The second-order valence-corrected chi connectivity index (χ2v) is 4.70. The van der Waals surface area contributed by atoms with E-state index < -0.39 is 0 Å². The van der Waals surface area contributed by atoms with Crippen LogP contribution in [0.2, 0.25) is 0 Å². The molecule has 0 saturated carbocycles. The van der Waals surface area contributed by atoms with Crippen LogP contribution in [0, 0.1) is 11.7 Å². The summed E-state index contributed by atoms with van der Waals surface area (Å²) in [4.78, 5) is 0. The average Bonchev–Trinajstić information content (AvgIpc) is 2.11. The van der Waals surface area contributed by atoms with Gasteiger partial charge in [0.05, 0.1) is 0 Å². The summed E-state index contributed by atoms with van der Waals surface area (Å²) in [5.74, 6) is 0.198. The van der Waals surface area contributed by atoms with Gasteiger partial charge in [0.25, 0.3) is 0 Å². The minimum atomic E-state index is -0.209. The summed E-state index contributed by atoms with van der Waals surface area (Å²) in [6.07, 6.45) is 0.704. The zero-order valence-corrected chi connectivity index (χ0v) is 10.0. The molecule has 0 aliphatic heterocycles. The summed E-state index contributed by atoms with van der Waals surface area (Å²) in [6.45, 7) is 4.13. The van der Waals surface area contributed by atoms with Gasteiger partial charge in [0.2, 0.25) is 0 Å². The third-order valence-electron chi connectivity index (χ3n) is 2.32. The fourth-order valence-electron chi connectivity index (χ4n) is 1.19. The van der Waals surface area contributed by atoms with Crippen LogP contribution in [0.5, 0.6) is 0 Å². The molecular weight excluding hydrogens is 245 g/mol. The van der Waals surface area contributed by atoms with Crippen molar-refractivity contribution < 1.29 is 4.39 Å². The molecule has 1 aromatic carbocycles. The van der Waals surface area contributed by atoms with Crippen molar-refractivity contribution in [2.75, 3.05) is 0 Å². The maximum Gasteiger partial charge on any atom is 0.123 e. The van der Waals surface area contributed by atoms with E-state index in [-0.39, 0.29) is 11.9 Å². The van der Waals surface area contributed by atoms with Gasteiger partial charge in [-0.25, -0.2) is 4.39 Å². The van der Waals surface area contributed by atoms with E-state index in [4.69, 9.17) is 5.73 Å². The molecule has 0 aliphatic carbocycles. The lowest BCUT2D eigenvalue weighted by Crippen LogP contribution is -2.28. The first-order valence-electron chi connectivity index (χ1n) is 4.70. The van der Waals surface area contributed by atoms with E-state index in [0.29, 0.717) is 12.3 Å². The van der Waals surface area contributed by atoms with Gasteiger partial charge < -0.3 is 5.73 Å². The first-order chi connectivity index (χ1) is 6.50. The van der Waals surface area contributed by atoms with E-state index in [1.165, 1.54) is 12.1 Å². The second kappa shape index (κ2) is 4.89. The van der Waals surface area contributed by atoms with E-state index in [1.54, 1.807) is 6.07 Å². The summed E-state index contributed by atoms with van der Waals surface area (Å²) < 4.78 is 13.9. The van der Waals surface area contributed by atoms with Gasteiger partial charge in [-0.15, -0.1) is 0 Å². The molecule has 0 aliphatic rings. The standard InChI is InChI=1S/C11H15BrFN/c1-7(2)11(14)6-8-5-9(13)3-4-10(8)12/h3-5,7,11H,6,14H2,1-2H3. The average molecular weight is 260 g/mol. The Morgan fingerprint density at radius 1 is 1.43 bits per heavy atom. The van der Waals surface area contributed by atoms with Crippen molar-refractivity contribution in [3.8, 4) is 0 Å². The van der Waals surface area contributed by atoms with Gasteiger partial charge in [-0.2, -0.15) is 0 Å². The van der Waals surface area contributed by atoms with Crippen LogP contribution in [0.25, 0.3) is 0 Å². The molecule has 1 aromatic rings. The summed E-state index contributed by atoms with van der Waals surface area (Å²) in [6, 6.07) is 4.77. The van der Waals surface area contributed by atoms with Crippen LogP contribution < -0.4 is 5.73 Å². The third kappa shape index (κ3) is 3.07. The molecule has 3 heteroatoms. The first-order valence-corrected chi connectivity index (χ1v) is 5.49. The molecule has 0 radical (unpaired) electrons. The number of benzene rings is 1. The van der Waals surface area contributed by atoms with Gasteiger partial charge >= 0.3 is 0 Å². The minimum Gasteiger partial charge on any atom is -0.327 e.